The number of halogens is 2. The number of hydrogen-bond donors (Lipinski definition) is 1. The molecule has 3 rings (SSSR count). The molecule has 0 fully saturated rings. The number of rotatable bonds is 6. The van der Waals surface area contributed by atoms with Crippen LogP contribution in [0.4, 0.5) is 8.78 Å². The van der Waals surface area contributed by atoms with Crippen LogP contribution in [0.25, 0.3) is 0 Å². The summed E-state index contributed by atoms with van der Waals surface area (Å²) >= 11 is 0. The molecule has 1 aliphatic heterocycles. The zero-order valence-corrected chi connectivity index (χ0v) is 12.8. The van der Waals surface area contributed by atoms with E-state index >= 15 is 0 Å². The van der Waals surface area contributed by atoms with Gasteiger partial charge in [0.05, 0.1) is 12.0 Å². The molecule has 0 radical (unpaired) electrons. The molecule has 0 saturated carbocycles. The Balaban J connectivity index is 1.47. The van der Waals surface area contributed by atoms with E-state index in [1.54, 1.807) is 12.5 Å². The van der Waals surface area contributed by atoms with Crippen LogP contribution < -0.4 is 5.32 Å². The van der Waals surface area contributed by atoms with E-state index < -0.39 is 17.7 Å². The monoisotopic (exact) mass is 334 g/mol. The molecule has 0 aliphatic carbocycles. The van der Waals surface area contributed by atoms with Gasteiger partial charge in [0, 0.05) is 37.5 Å². The summed E-state index contributed by atoms with van der Waals surface area (Å²) in [6, 6.07) is 3.10. The van der Waals surface area contributed by atoms with Crippen molar-refractivity contribution in [2.24, 2.45) is 5.16 Å². The lowest BCUT2D eigenvalue weighted by Crippen LogP contribution is -2.35. The number of aryl methyl sites for hydroxylation is 1. The van der Waals surface area contributed by atoms with E-state index in [9.17, 15) is 13.6 Å². The Bertz CT molecular complexity index is 747. The van der Waals surface area contributed by atoms with E-state index in [2.05, 4.69) is 15.5 Å². The van der Waals surface area contributed by atoms with Crippen LogP contribution in [0.2, 0.25) is 0 Å². The Kier molecular flexibility index (Phi) is 4.83. The van der Waals surface area contributed by atoms with E-state index in [1.807, 2.05) is 10.8 Å². The first kappa shape index (κ1) is 16.1. The van der Waals surface area contributed by atoms with Crippen LogP contribution in [0.1, 0.15) is 18.4 Å². The van der Waals surface area contributed by atoms with Crippen LogP contribution in [0.5, 0.6) is 0 Å². The molecule has 1 N–H and O–H groups in total. The van der Waals surface area contributed by atoms with Crippen molar-refractivity contribution < 1.29 is 18.4 Å². The molecule has 1 amide bonds. The first-order valence-electron chi connectivity index (χ1n) is 7.55. The molecule has 1 unspecified atom stereocenters. The van der Waals surface area contributed by atoms with Gasteiger partial charge >= 0.3 is 0 Å². The van der Waals surface area contributed by atoms with Crippen LogP contribution in [0.3, 0.4) is 0 Å². The van der Waals surface area contributed by atoms with Crippen molar-refractivity contribution in [2.45, 2.75) is 25.5 Å². The predicted octanol–water partition coefficient (Wildman–Crippen LogP) is 1.86. The summed E-state index contributed by atoms with van der Waals surface area (Å²) in [7, 11) is 0. The SMILES string of the molecule is O=C(NCCCn1ccnc1)C1CC(c2cc(F)ccc2F)=NO1. The van der Waals surface area contributed by atoms with Gasteiger partial charge in [0.15, 0.2) is 0 Å². The third-order valence-corrected chi connectivity index (χ3v) is 3.65. The van der Waals surface area contributed by atoms with Gasteiger partial charge in [-0.2, -0.15) is 0 Å². The van der Waals surface area contributed by atoms with Gasteiger partial charge in [-0.1, -0.05) is 5.16 Å². The van der Waals surface area contributed by atoms with Gasteiger partial charge in [-0.15, -0.1) is 0 Å². The summed E-state index contributed by atoms with van der Waals surface area (Å²) in [4.78, 5) is 21.0. The summed E-state index contributed by atoms with van der Waals surface area (Å²) in [5.74, 6) is -1.49. The Hall–Kier alpha value is -2.77. The molecule has 0 spiro atoms. The number of nitrogens with zero attached hydrogens (tertiary/aromatic N) is 3. The van der Waals surface area contributed by atoms with Crippen LogP contribution in [0, 0.1) is 11.6 Å². The first-order chi connectivity index (χ1) is 11.6. The lowest BCUT2D eigenvalue weighted by molar-refractivity contribution is -0.131. The van der Waals surface area contributed by atoms with Gasteiger partial charge in [-0.25, -0.2) is 13.8 Å². The summed E-state index contributed by atoms with van der Waals surface area (Å²) < 4.78 is 28.9. The third kappa shape index (κ3) is 3.76. The maximum absolute atomic E-state index is 13.7. The van der Waals surface area contributed by atoms with Crippen molar-refractivity contribution >= 4 is 11.6 Å². The maximum atomic E-state index is 13.7. The minimum Gasteiger partial charge on any atom is -0.382 e. The maximum Gasteiger partial charge on any atom is 0.264 e. The molecule has 126 valence electrons. The minimum atomic E-state index is -0.823. The van der Waals surface area contributed by atoms with Crippen molar-refractivity contribution in [3.8, 4) is 0 Å². The fourth-order valence-corrected chi connectivity index (χ4v) is 2.40. The van der Waals surface area contributed by atoms with Gasteiger partial charge in [0.2, 0.25) is 6.10 Å². The first-order valence-corrected chi connectivity index (χ1v) is 7.55. The average molecular weight is 334 g/mol. The summed E-state index contributed by atoms with van der Waals surface area (Å²) in [6.45, 7) is 1.21. The molecule has 0 bridgehead atoms. The second-order valence-corrected chi connectivity index (χ2v) is 5.41. The number of carbonyl (C=O) groups excluding carboxylic acids is 1. The lowest BCUT2D eigenvalue weighted by atomic mass is 10.0. The Morgan fingerprint density at radius 1 is 1.42 bits per heavy atom. The molecule has 1 aromatic heterocycles. The largest absolute Gasteiger partial charge is 0.382 e. The number of oxime groups is 1. The van der Waals surface area contributed by atoms with Crippen molar-refractivity contribution in [3.05, 3.63) is 54.1 Å². The number of benzene rings is 1. The molecule has 1 aliphatic rings. The third-order valence-electron chi connectivity index (χ3n) is 3.65. The molecular weight excluding hydrogens is 318 g/mol. The van der Waals surface area contributed by atoms with Crippen molar-refractivity contribution in [1.82, 2.24) is 14.9 Å². The topological polar surface area (TPSA) is 68.5 Å². The highest BCUT2D eigenvalue weighted by Crippen LogP contribution is 2.20. The smallest absolute Gasteiger partial charge is 0.264 e. The van der Waals surface area contributed by atoms with Gasteiger partial charge in [0.1, 0.15) is 11.6 Å². The highest BCUT2D eigenvalue weighted by Gasteiger charge is 2.29. The Morgan fingerprint density at radius 2 is 2.29 bits per heavy atom. The second-order valence-electron chi connectivity index (χ2n) is 5.41. The van der Waals surface area contributed by atoms with Gasteiger partial charge < -0.3 is 14.7 Å². The number of aromatic nitrogens is 2. The molecule has 1 atom stereocenters. The number of hydrogen-bond acceptors (Lipinski definition) is 4. The van der Waals surface area contributed by atoms with E-state index in [1.165, 1.54) is 0 Å². The average Bonchev–Trinajstić information content (AvgIpc) is 3.25. The van der Waals surface area contributed by atoms with E-state index in [0.717, 1.165) is 31.2 Å². The molecule has 1 aromatic carbocycles. The summed E-state index contributed by atoms with van der Waals surface area (Å²) in [5, 5.41) is 6.46. The fourth-order valence-electron chi connectivity index (χ4n) is 2.40. The van der Waals surface area contributed by atoms with Gasteiger partial charge in [0.25, 0.3) is 5.91 Å². The minimum absolute atomic E-state index is 0.0189. The summed E-state index contributed by atoms with van der Waals surface area (Å²) in [6.07, 6.45) is 5.26. The van der Waals surface area contributed by atoms with Crippen LogP contribution in [-0.4, -0.2) is 33.8 Å². The zero-order valence-electron chi connectivity index (χ0n) is 12.8. The fraction of sp³-hybridized carbons (Fsp3) is 0.312. The van der Waals surface area contributed by atoms with Crippen LogP contribution in [0.15, 0.2) is 42.1 Å². The zero-order chi connectivity index (χ0) is 16.9. The Morgan fingerprint density at radius 3 is 3.08 bits per heavy atom. The van der Waals surface area contributed by atoms with E-state index in [0.29, 0.717) is 6.54 Å². The normalized spacial score (nSPS) is 16.6. The highest BCUT2D eigenvalue weighted by molar-refractivity contribution is 6.04. The quantitative estimate of drug-likeness (QED) is 0.820. The predicted molar refractivity (Wildman–Crippen MR) is 82.2 cm³/mol. The number of nitrogens with one attached hydrogen (secondary N) is 1. The molecule has 6 nitrogen and oxygen atoms in total. The molecule has 24 heavy (non-hydrogen) atoms. The molecule has 0 saturated heterocycles. The molecule has 2 aromatic rings. The highest BCUT2D eigenvalue weighted by atomic mass is 19.1. The van der Waals surface area contributed by atoms with Crippen molar-refractivity contribution in [3.63, 3.8) is 0 Å². The van der Waals surface area contributed by atoms with E-state index in [4.69, 9.17) is 4.84 Å². The van der Waals surface area contributed by atoms with Crippen LogP contribution in [-0.2, 0) is 16.2 Å². The number of carbonyl (C=O) groups is 1. The van der Waals surface area contributed by atoms with E-state index in [-0.39, 0.29) is 23.6 Å². The van der Waals surface area contributed by atoms with Crippen molar-refractivity contribution in [2.75, 3.05) is 6.54 Å². The lowest BCUT2D eigenvalue weighted by Gasteiger charge is -2.09. The molecular formula is C16H16F2N4O2. The standard InChI is InChI=1S/C16H16F2N4O2/c17-11-2-3-13(18)12(8-11)14-9-15(24-21-14)16(23)20-4-1-6-22-7-5-19-10-22/h2-3,5,7-8,10,15H,1,4,6,9H2,(H,20,23). The Labute approximate surface area is 137 Å². The number of imidazole rings is 1. The van der Waals surface area contributed by atoms with Gasteiger partial charge in [-0.3, -0.25) is 4.79 Å². The van der Waals surface area contributed by atoms with Crippen molar-refractivity contribution in [1.29, 1.82) is 0 Å². The van der Waals surface area contributed by atoms with Gasteiger partial charge in [-0.05, 0) is 24.6 Å². The molecule has 8 heteroatoms. The second kappa shape index (κ2) is 7.20. The number of amides is 1. The molecule has 2 heterocycles. The van der Waals surface area contributed by atoms with Crippen LogP contribution >= 0.6 is 0 Å². The summed E-state index contributed by atoms with van der Waals surface area (Å²) in [5.41, 5.74) is 0.246.